The van der Waals surface area contributed by atoms with Gasteiger partial charge in [-0.2, -0.15) is 0 Å². The summed E-state index contributed by atoms with van der Waals surface area (Å²) in [6.07, 6.45) is 2.34. The molecule has 1 aromatic rings. The molecule has 0 aliphatic carbocycles. The first-order valence-corrected chi connectivity index (χ1v) is 11.0. The maximum atomic E-state index is 12.8. The molecule has 2 saturated heterocycles. The van der Waals surface area contributed by atoms with Gasteiger partial charge in [0.05, 0.1) is 26.4 Å². The van der Waals surface area contributed by atoms with Gasteiger partial charge in [-0.1, -0.05) is 12.1 Å². The number of methoxy groups -OCH3 is 2. The van der Waals surface area contributed by atoms with Crippen LogP contribution in [0, 0.1) is 11.3 Å². The molecule has 0 bridgehead atoms. The summed E-state index contributed by atoms with van der Waals surface area (Å²) in [4.78, 5) is 14.7. The van der Waals surface area contributed by atoms with Crippen LogP contribution < -0.4 is 4.74 Å². The van der Waals surface area contributed by atoms with Gasteiger partial charge in [0.25, 0.3) is 0 Å². The van der Waals surface area contributed by atoms with Crippen molar-refractivity contribution in [1.29, 1.82) is 0 Å². The number of sulfonamides is 1. The molecule has 1 aromatic carbocycles. The topological polar surface area (TPSA) is 76.2 Å². The third-order valence-corrected chi connectivity index (χ3v) is 7.09. The van der Waals surface area contributed by atoms with E-state index in [1.807, 2.05) is 29.2 Å². The van der Waals surface area contributed by atoms with E-state index in [1.165, 1.54) is 10.6 Å². The normalized spacial score (nSPS) is 26.0. The summed E-state index contributed by atoms with van der Waals surface area (Å²) in [5, 5.41) is 0. The van der Waals surface area contributed by atoms with Crippen molar-refractivity contribution in [3.63, 3.8) is 0 Å². The first-order chi connectivity index (χ1) is 12.8. The van der Waals surface area contributed by atoms with E-state index in [-0.39, 0.29) is 17.2 Å². The summed E-state index contributed by atoms with van der Waals surface area (Å²) in [5.41, 5.74) is 0.744. The lowest BCUT2D eigenvalue weighted by Gasteiger charge is -2.43. The third kappa shape index (κ3) is 4.28. The van der Waals surface area contributed by atoms with Crippen LogP contribution in [-0.4, -0.2) is 76.8 Å². The predicted molar refractivity (Wildman–Crippen MR) is 102 cm³/mol. The summed E-state index contributed by atoms with van der Waals surface area (Å²) in [6, 6.07) is 7.50. The van der Waals surface area contributed by atoms with Crippen molar-refractivity contribution in [2.75, 3.05) is 53.3 Å². The fourth-order valence-electron chi connectivity index (χ4n) is 4.27. The highest BCUT2D eigenvalue weighted by Crippen LogP contribution is 2.44. The zero-order valence-corrected chi connectivity index (χ0v) is 17.0. The lowest BCUT2D eigenvalue weighted by atomic mass is 9.73. The molecule has 0 spiro atoms. The molecule has 2 atom stereocenters. The summed E-state index contributed by atoms with van der Waals surface area (Å²) in [7, 11) is 0.0139. The third-order valence-electron chi connectivity index (χ3n) is 5.87. The molecule has 3 rings (SSSR count). The van der Waals surface area contributed by atoms with E-state index in [0.29, 0.717) is 39.2 Å². The molecule has 2 fully saturated rings. The summed E-state index contributed by atoms with van der Waals surface area (Å²) >= 11 is 0. The Bertz CT molecular complexity index is 780. The summed E-state index contributed by atoms with van der Waals surface area (Å²) in [6.45, 7) is 2.65. The Balaban J connectivity index is 1.69. The lowest BCUT2D eigenvalue weighted by molar-refractivity contribution is -0.134. The van der Waals surface area contributed by atoms with Gasteiger partial charge in [-0.3, -0.25) is 4.79 Å². The average molecular weight is 397 g/mol. The highest BCUT2D eigenvalue weighted by atomic mass is 32.2. The smallest absolute Gasteiger partial charge is 0.226 e. The number of amides is 1. The van der Waals surface area contributed by atoms with E-state index in [9.17, 15) is 13.2 Å². The number of carbonyl (C=O) groups is 1. The van der Waals surface area contributed by atoms with Crippen molar-refractivity contribution < 1.29 is 22.7 Å². The first-order valence-electron chi connectivity index (χ1n) is 9.12. The Labute approximate surface area is 161 Å². The minimum absolute atomic E-state index is 0.0731. The van der Waals surface area contributed by atoms with Gasteiger partial charge < -0.3 is 14.4 Å². The Morgan fingerprint density at radius 2 is 1.93 bits per heavy atom. The second-order valence-corrected chi connectivity index (χ2v) is 9.64. The van der Waals surface area contributed by atoms with Crippen LogP contribution in [-0.2, 0) is 26.0 Å². The fraction of sp³-hybridized carbons (Fsp3) is 0.632. The van der Waals surface area contributed by atoms with Gasteiger partial charge in [0.1, 0.15) is 5.75 Å². The molecule has 2 unspecified atom stereocenters. The SMILES string of the molecule is COCC12CCN(C(=O)Cc3ccc(OC)cc3)CC1CN(S(C)(=O)=O)C2. The Morgan fingerprint density at radius 3 is 2.52 bits per heavy atom. The van der Waals surface area contributed by atoms with Crippen molar-refractivity contribution in [2.45, 2.75) is 12.8 Å². The van der Waals surface area contributed by atoms with Crippen LogP contribution in [0.2, 0.25) is 0 Å². The van der Waals surface area contributed by atoms with Gasteiger partial charge in [0, 0.05) is 38.7 Å². The van der Waals surface area contributed by atoms with Crippen LogP contribution in [0.25, 0.3) is 0 Å². The standard InChI is InChI=1S/C19H28N2O5S/c1-25-14-19-8-9-20(11-16(19)12-21(13-19)27(3,23)24)18(22)10-15-4-6-17(26-2)7-5-15/h4-7,16H,8-14H2,1-3H3. The number of carbonyl (C=O) groups excluding carboxylic acids is 1. The predicted octanol–water partition coefficient (Wildman–Crippen LogP) is 0.994. The minimum atomic E-state index is -3.25. The number of benzene rings is 1. The molecule has 0 radical (unpaired) electrons. The number of hydrogen-bond acceptors (Lipinski definition) is 5. The molecule has 7 nitrogen and oxygen atoms in total. The number of nitrogens with zero attached hydrogens (tertiary/aromatic N) is 2. The summed E-state index contributed by atoms with van der Waals surface area (Å²) < 4.78 is 36.2. The molecule has 150 valence electrons. The van der Waals surface area contributed by atoms with Crippen molar-refractivity contribution in [1.82, 2.24) is 9.21 Å². The number of ether oxygens (including phenoxy) is 2. The van der Waals surface area contributed by atoms with Crippen molar-refractivity contribution in [3.05, 3.63) is 29.8 Å². The first kappa shape index (κ1) is 20.1. The van der Waals surface area contributed by atoms with Gasteiger partial charge in [-0.05, 0) is 30.0 Å². The van der Waals surface area contributed by atoms with Crippen LogP contribution >= 0.6 is 0 Å². The molecule has 0 N–H and O–H groups in total. The van der Waals surface area contributed by atoms with Gasteiger partial charge in [-0.15, -0.1) is 0 Å². The molecule has 0 aromatic heterocycles. The maximum absolute atomic E-state index is 12.8. The number of likely N-dealkylation sites (tertiary alicyclic amines) is 1. The van der Waals surface area contributed by atoms with Crippen LogP contribution in [0.4, 0.5) is 0 Å². The van der Waals surface area contributed by atoms with E-state index >= 15 is 0 Å². The molecule has 2 aliphatic heterocycles. The van der Waals surface area contributed by atoms with E-state index in [2.05, 4.69) is 0 Å². The lowest BCUT2D eigenvalue weighted by Crippen LogP contribution is -2.51. The average Bonchev–Trinajstić information content (AvgIpc) is 3.01. The molecular formula is C19H28N2O5S. The number of fused-ring (bicyclic) bond motifs is 1. The highest BCUT2D eigenvalue weighted by Gasteiger charge is 2.52. The Hall–Kier alpha value is -1.64. The second kappa shape index (κ2) is 7.77. The fourth-order valence-corrected chi connectivity index (χ4v) is 5.21. The van der Waals surface area contributed by atoms with Gasteiger partial charge in [0.2, 0.25) is 15.9 Å². The van der Waals surface area contributed by atoms with Gasteiger partial charge in [0.15, 0.2) is 0 Å². The van der Waals surface area contributed by atoms with Crippen LogP contribution in [0.1, 0.15) is 12.0 Å². The molecule has 8 heteroatoms. The second-order valence-electron chi connectivity index (χ2n) is 7.66. The highest BCUT2D eigenvalue weighted by molar-refractivity contribution is 7.88. The molecule has 0 saturated carbocycles. The zero-order chi connectivity index (χ0) is 19.7. The van der Waals surface area contributed by atoms with E-state index < -0.39 is 10.0 Å². The van der Waals surface area contributed by atoms with Crippen molar-refractivity contribution in [2.24, 2.45) is 11.3 Å². The van der Waals surface area contributed by atoms with Crippen LogP contribution in [0.15, 0.2) is 24.3 Å². The monoisotopic (exact) mass is 396 g/mol. The molecule has 2 aliphatic rings. The number of hydrogen-bond donors (Lipinski definition) is 0. The molecular weight excluding hydrogens is 368 g/mol. The van der Waals surface area contributed by atoms with E-state index in [4.69, 9.17) is 9.47 Å². The largest absolute Gasteiger partial charge is 0.497 e. The maximum Gasteiger partial charge on any atom is 0.226 e. The number of piperidine rings is 1. The van der Waals surface area contributed by atoms with Crippen LogP contribution in [0.3, 0.4) is 0 Å². The van der Waals surface area contributed by atoms with Gasteiger partial charge in [-0.25, -0.2) is 12.7 Å². The van der Waals surface area contributed by atoms with Crippen LogP contribution in [0.5, 0.6) is 5.75 Å². The van der Waals surface area contributed by atoms with Gasteiger partial charge >= 0.3 is 0 Å². The Morgan fingerprint density at radius 1 is 1.22 bits per heavy atom. The number of rotatable bonds is 6. The van der Waals surface area contributed by atoms with Crippen molar-refractivity contribution >= 4 is 15.9 Å². The van der Waals surface area contributed by atoms with E-state index in [0.717, 1.165) is 17.7 Å². The quantitative estimate of drug-likeness (QED) is 0.717. The molecule has 1 amide bonds. The minimum Gasteiger partial charge on any atom is -0.497 e. The molecule has 27 heavy (non-hydrogen) atoms. The molecule has 2 heterocycles. The zero-order valence-electron chi connectivity index (χ0n) is 16.2. The van der Waals surface area contributed by atoms with E-state index in [1.54, 1.807) is 14.2 Å². The Kier molecular flexibility index (Phi) is 5.79. The van der Waals surface area contributed by atoms with Crippen molar-refractivity contribution in [3.8, 4) is 5.75 Å². The summed E-state index contributed by atoms with van der Waals surface area (Å²) in [5.74, 6) is 0.935.